The van der Waals surface area contributed by atoms with E-state index >= 15 is 0 Å². The van der Waals surface area contributed by atoms with E-state index in [1.54, 1.807) is 17.0 Å². The fourth-order valence-corrected chi connectivity index (χ4v) is 4.24. The van der Waals surface area contributed by atoms with Crippen LogP contribution in [-0.2, 0) is 4.79 Å². The lowest BCUT2D eigenvalue weighted by Crippen LogP contribution is -2.48. The Morgan fingerprint density at radius 2 is 1.60 bits per heavy atom. The van der Waals surface area contributed by atoms with E-state index in [1.807, 2.05) is 4.90 Å². The quantitative estimate of drug-likeness (QED) is 0.825. The summed E-state index contributed by atoms with van der Waals surface area (Å²) in [6.07, 6.45) is 2.51. The molecule has 0 saturated carbocycles. The molecule has 2 saturated heterocycles. The van der Waals surface area contributed by atoms with E-state index in [-0.39, 0.29) is 23.3 Å². The van der Waals surface area contributed by atoms with Crippen LogP contribution in [-0.4, -0.2) is 47.8 Å². The van der Waals surface area contributed by atoms with Gasteiger partial charge in [-0.1, -0.05) is 26.0 Å². The molecule has 1 aromatic rings. The minimum atomic E-state index is -0.484. The molecule has 1 aromatic carbocycles. The van der Waals surface area contributed by atoms with Crippen LogP contribution in [0.1, 0.15) is 43.5 Å². The number of hydrogen-bond acceptors (Lipinski definition) is 2. The van der Waals surface area contributed by atoms with Crippen LogP contribution in [0, 0.1) is 23.6 Å². The number of benzene rings is 1. The number of amides is 2. The van der Waals surface area contributed by atoms with Crippen molar-refractivity contribution < 1.29 is 14.0 Å². The third kappa shape index (κ3) is 4.02. The molecule has 2 heterocycles. The first-order valence-electron chi connectivity index (χ1n) is 9.28. The van der Waals surface area contributed by atoms with Gasteiger partial charge in [0.25, 0.3) is 5.91 Å². The second-order valence-electron chi connectivity index (χ2n) is 7.74. The highest BCUT2D eigenvalue weighted by molar-refractivity contribution is 5.94. The highest BCUT2D eigenvalue weighted by Crippen LogP contribution is 2.26. The minimum Gasteiger partial charge on any atom is -0.342 e. The van der Waals surface area contributed by atoms with Crippen LogP contribution < -0.4 is 0 Å². The Kier molecular flexibility index (Phi) is 5.40. The molecule has 0 unspecified atom stereocenters. The molecule has 2 aliphatic rings. The van der Waals surface area contributed by atoms with Gasteiger partial charge >= 0.3 is 0 Å². The van der Waals surface area contributed by atoms with Gasteiger partial charge in [0.1, 0.15) is 5.82 Å². The highest BCUT2D eigenvalue weighted by atomic mass is 19.1. The second kappa shape index (κ2) is 7.54. The molecule has 2 aliphatic heterocycles. The molecular formula is C20H27FN2O2. The summed E-state index contributed by atoms with van der Waals surface area (Å²) in [5, 5.41) is 0. The highest BCUT2D eigenvalue weighted by Gasteiger charge is 2.33. The number of nitrogens with zero attached hydrogens (tertiary/aromatic N) is 2. The SMILES string of the molecule is C[C@H]1C[C@H](C)CN(C(=O)C2CCN(C(=O)c3ccccc3F)CC2)C1. The van der Waals surface area contributed by atoms with Crippen molar-refractivity contribution in [2.45, 2.75) is 33.1 Å². The Hall–Kier alpha value is -1.91. The summed E-state index contributed by atoms with van der Waals surface area (Å²) in [4.78, 5) is 29.0. The molecule has 0 bridgehead atoms. The van der Waals surface area contributed by atoms with Gasteiger partial charge in [-0.05, 0) is 43.2 Å². The van der Waals surface area contributed by atoms with Crippen LogP contribution in [0.25, 0.3) is 0 Å². The summed E-state index contributed by atoms with van der Waals surface area (Å²) < 4.78 is 13.8. The maximum atomic E-state index is 13.8. The van der Waals surface area contributed by atoms with Gasteiger partial charge in [0.15, 0.2) is 0 Å². The molecule has 0 aliphatic carbocycles. The molecule has 25 heavy (non-hydrogen) atoms. The lowest BCUT2D eigenvalue weighted by Gasteiger charge is -2.39. The number of piperidine rings is 2. The molecule has 0 radical (unpaired) electrons. The molecule has 2 fully saturated rings. The van der Waals surface area contributed by atoms with Gasteiger partial charge in [0.05, 0.1) is 5.56 Å². The van der Waals surface area contributed by atoms with Gasteiger partial charge in [-0.2, -0.15) is 0 Å². The van der Waals surface area contributed by atoms with Crippen LogP contribution >= 0.6 is 0 Å². The van der Waals surface area contributed by atoms with Crippen molar-refractivity contribution in [1.29, 1.82) is 0 Å². The van der Waals surface area contributed by atoms with Gasteiger partial charge in [0.2, 0.25) is 5.91 Å². The van der Waals surface area contributed by atoms with Gasteiger partial charge in [0, 0.05) is 32.1 Å². The summed E-state index contributed by atoms with van der Waals surface area (Å²) in [5.74, 6) is 0.565. The van der Waals surface area contributed by atoms with Gasteiger partial charge in [-0.15, -0.1) is 0 Å². The summed E-state index contributed by atoms with van der Waals surface area (Å²) in [6.45, 7) is 7.12. The Morgan fingerprint density at radius 3 is 2.20 bits per heavy atom. The average Bonchev–Trinajstić information content (AvgIpc) is 2.60. The van der Waals surface area contributed by atoms with E-state index < -0.39 is 5.82 Å². The summed E-state index contributed by atoms with van der Waals surface area (Å²) in [5.41, 5.74) is 0.117. The Bertz CT molecular complexity index is 630. The van der Waals surface area contributed by atoms with Crippen molar-refractivity contribution in [2.24, 2.45) is 17.8 Å². The molecular weight excluding hydrogens is 319 g/mol. The molecule has 4 nitrogen and oxygen atoms in total. The monoisotopic (exact) mass is 346 g/mol. The van der Waals surface area contributed by atoms with E-state index in [1.165, 1.54) is 18.6 Å². The second-order valence-corrected chi connectivity index (χ2v) is 7.74. The predicted molar refractivity (Wildman–Crippen MR) is 94.6 cm³/mol. The van der Waals surface area contributed by atoms with E-state index in [0.717, 1.165) is 13.1 Å². The minimum absolute atomic E-state index is 0.0119. The van der Waals surface area contributed by atoms with Crippen LogP contribution in [0.4, 0.5) is 4.39 Å². The van der Waals surface area contributed by atoms with Crippen molar-refractivity contribution in [3.05, 3.63) is 35.6 Å². The smallest absolute Gasteiger partial charge is 0.256 e. The Labute approximate surface area is 149 Å². The first-order chi connectivity index (χ1) is 12.0. The lowest BCUT2D eigenvalue weighted by atomic mass is 9.89. The van der Waals surface area contributed by atoms with Gasteiger partial charge in [-0.3, -0.25) is 9.59 Å². The summed E-state index contributed by atoms with van der Waals surface area (Å²) in [7, 11) is 0. The molecule has 0 aromatic heterocycles. The zero-order valence-corrected chi connectivity index (χ0v) is 15.1. The Balaban J connectivity index is 1.57. The van der Waals surface area contributed by atoms with E-state index in [4.69, 9.17) is 0 Å². The first kappa shape index (κ1) is 17.9. The predicted octanol–water partition coefficient (Wildman–Crippen LogP) is 3.18. The van der Waals surface area contributed by atoms with Crippen LogP contribution in [0.5, 0.6) is 0 Å². The normalized spacial score (nSPS) is 25.1. The van der Waals surface area contributed by atoms with Gasteiger partial charge < -0.3 is 9.80 Å². The van der Waals surface area contributed by atoms with E-state index in [0.29, 0.717) is 37.8 Å². The molecule has 3 rings (SSSR count). The standard InChI is InChI=1S/C20H27FN2O2/c1-14-11-15(2)13-23(12-14)19(24)16-7-9-22(10-8-16)20(25)17-5-3-4-6-18(17)21/h3-6,14-16H,7-13H2,1-2H3/t14-,15-/m0/s1. The Morgan fingerprint density at radius 1 is 1.00 bits per heavy atom. The maximum absolute atomic E-state index is 13.8. The molecule has 0 spiro atoms. The van der Waals surface area contributed by atoms with Crippen molar-refractivity contribution in [3.63, 3.8) is 0 Å². The van der Waals surface area contributed by atoms with Crippen molar-refractivity contribution in [1.82, 2.24) is 9.80 Å². The number of carbonyl (C=O) groups excluding carboxylic acids is 2. The number of carbonyl (C=O) groups is 2. The van der Waals surface area contributed by atoms with Crippen LogP contribution in [0.2, 0.25) is 0 Å². The van der Waals surface area contributed by atoms with Crippen LogP contribution in [0.3, 0.4) is 0 Å². The number of halogens is 1. The topological polar surface area (TPSA) is 40.6 Å². The zero-order valence-electron chi connectivity index (χ0n) is 15.1. The molecule has 0 N–H and O–H groups in total. The largest absolute Gasteiger partial charge is 0.342 e. The number of hydrogen-bond donors (Lipinski definition) is 0. The maximum Gasteiger partial charge on any atom is 0.256 e. The molecule has 136 valence electrons. The van der Waals surface area contributed by atoms with Crippen molar-refractivity contribution >= 4 is 11.8 Å². The van der Waals surface area contributed by atoms with Crippen molar-refractivity contribution in [2.75, 3.05) is 26.2 Å². The number of rotatable bonds is 2. The lowest BCUT2D eigenvalue weighted by molar-refractivity contribution is -0.139. The molecule has 2 atom stereocenters. The molecule has 2 amide bonds. The molecule has 5 heteroatoms. The third-order valence-corrected chi connectivity index (χ3v) is 5.42. The van der Waals surface area contributed by atoms with E-state index in [9.17, 15) is 14.0 Å². The average molecular weight is 346 g/mol. The van der Waals surface area contributed by atoms with Crippen molar-refractivity contribution in [3.8, 4) is 0 Å². The first-order valence-corrected chi connectivity index (χ1v) is 9.28. The fraction of sp³-hybridized carbons (Fsp3) is 0.600. The fourth-order valence-electron chi connectivity index (χ4n) is 4.24. The summed E-state index contributed by atoms with van der Waals surface area (Å²) in [6, 6.07) is 6.08. The zero-order chi connectivity index (χ0) is 18.0. The number of likely N-dealkylation sites (tertiary alicyclic amines) is 2. The summed E-state index contributed by atoms with van der Waals surface area (Å²) >= 11 is 0. The van der Waals surface area contributed by atoms with Crippen LogP contribution in [0.15, 0.2) is 24.3 Å². The van der Waals surface area contributed by atoms with Gasteiger partial charge in [-0.25, -0.2) is 4.39 Å². The third-order valence-electron chi connectivity index (χ3n) is 5.42. The van der Waals surface area contributed by atoms with E-state index in [2.05, 4.69) is 13.8 Å².